The second-order valence-corrected chi connectivity index (χ2v) is 12.8. The van der Waals surface area contributed by atoms with E-state index in [1.807, 2.05) is 48.0 Å². The van der Waals surface area contributed by atoms with Gasteiger partial charge < -0.3 is 25.8 Å². The molecule has 1 atom stereocenters. The Labute approximate surface area is 275 Å². The van der Waals surface area contributed by atoms with Crippen molar-refractivity contribution in [1.82, 2.24) is 15.2 Å². The van der Waals surface area contributed by atoms with E-state index in [4.69, 9.17) is 16.3 Å². The number of thiazole rings is 1. The van der Waals surface area contributed by atoms with Gasteiger partial charge in [0.2, 0.25) is 5.91 Å². The van der Waals surface area contributed by atoms with Crippen LogP contribution in [0.3, 0.4) is 0 Å². The summed E-state index contributed by atoms with van der Waals surface area (Å²) in [6.07, 6.45) is 3.97. The number of esters is 1. The van der Waals surface area contributed by atoms with Crippen molar-refractivity contribution in [3.8, 4) is 5.75 Å². The van der Waals surface area contributed by atoms with Gasteiger partial charge in [0.15, 0.2) is 5.69 Å². The van der Waals surface area contributed by atoms with Gasteiger partial charge in [-0.1, -0.05) is 47.2 Å². The van der Waals surface area contributed by atoms with E-state index in [-0.39, 0.29) is 30.7 Å². The number of imidazole rings is 1. The fourth-order valence-electron chi connectivity index (χ4n) is 4.87. The van der Waals surface area contributed by atoms with Crippen LogP contribution in [0.5, 0.6) is 5.75 Å². The number of phenolic OH excluding ortho intramolecular Hbond substituents is 1. The Morgan fingerprint density at radius 1 is 0.957 bits per heavy atom. The van der Waals surface area contributed by atoms with Gasteiger partial charge in [-0.25, -0.2) is 14.2 Å². The number of ether oxygens (including phenoxy) is 1. The molecule has 238 valence electrons. The highest BCUT2D eigenvalue weighted by Gasteiger charge is 2.25. The Bertz CT molecular complexity index is 1830. The molecule has 12 heteroatoms. The van der Waals surface area contributed by atoms with Crippen molar-refractivity contribution in [2.45, 2.75) is 52.4 Å². The van der Waals surface area contributed by atoms with E-state index in [1.165, 1.54) is 12.1 Å². The quantitative estimate of drug-likeness (QED) is 0.108. The SMILES string of the molecule is Cc1c[n+]2cc(CNC(=O)[C@H](Cc3ccc(O)cc3)NC(=O)Nc3ccc(C(=O)OC(C)C)cc3)n(Cc3ccc(Cl)cc3)c2s1. The lowest BCUT2D eigenvalue weighted by atomic mass is 10.1. The van der Waals surface area contributed by atoms with Gasteiger partial charge in [-0.3, -0.25) is 4.79 Å². The van der Waals surface area contributed by atoms with Gasteiger partial charge in [0.25, 0.3) is 0 Å². The first-order chi connectivity index (χ1) is 22.0. The summed E-state index contributed by atoms with van der Waals surface area (Å²) in [5, 5.41) is 18.9. The Hall–Kier alpha value is -4.87. The summed E-state index contributed by atoms with van der Waals surface area (Å²) in [4.78, 5) is 41.0. The van der Waals surface area contributed by atoms with Gasteiger partial charge in [0, 0.05) is 22.0 Å². The first-order valence-corrected chi connectivity index (χ1v) is 15.9. The third-order valence-corrected chi connectivity index (χ3v) is 8.37. The van der Waals surface area contributed by atoms with E-state index in [2.05, 4.69) is 20.5 Å². The average Bonchev–Trinajstić information content (AvgIpc) is 3.53. The fourth-order valence-corrected chi connectivity index (χ4v) is 5.95. The molecular weight excluding hydrogens is 626 g/mol. The van der Waals surface area contributed by atoms with Crippen LogP contribution in [-0.4, -0.2) is 39.7 Å². The molecule has 0 saturated heterocycles. The molecular formula is C34H35ClN5O5S+. The summed E-state index contributed by atoms with van der Waals surface area (Å²) in [6.45, 7) is 6.40. The average molecular weight is 661 g/mol. The Morgan fingerprint density at radius 2 is 1.63 bits per heavy atom. The Balaban J connectivity index is 1.30. The van der Waals surface area contributed by atoms with Crippen molar-refractivity contribution in [1.29, 1.82) is 0 Å². The van der Waals surface area contributed by atoms with E-state index < -0.39 is 18.0 Å². The van der Waals surface area contributed by atoms with Crippen molar-refractivity contribution in [2.75, 3.05) is 5.32 Å². The lowest BCUT2D eigenvalue weighted by Crippen LogP contribution is -2.49. The largest absolute Gasteiger partial charge is 0.508 e. The van der Waals surface area contributed by atoms with Crippen LogP contribution >= 0.6 is 22.9 Å². The molecule has 46 heavy (non-hydrogen) atoms. The summed E-state index contributed by atoms with van der Waals surface area (Å²) in [6, 6.07) is 18.9. The van der Waals surface area contributed by atoms with E-state index in [0.717, 1.165) is 26.7 Å². The Morgan fingerprint density at radius 3 is 2.30 bits per heavy atom. The van der Waals surface area contributed by atoms with Crippen LogP contribution in [0.2, 0.25) is 5.02 Å². The number of fused-ring (bicyclic) bond motifs is 1. The third-order valence-electron chi connectivity index (χ3n) is 7.08. The summed E-state index contributed by atoms with van der Waals surface area (Å²) >= 11 is 7.75. The van der Waals surface area contributed by atoms with E-state index in [1.54, 1.807) is 61.6 Å². The molecule has 2 aromatic heterocycles. The highest BCUT2D eigenvalue weighted by Crippen LogP contribution is 2.19. The van der Waals surface area contributed by atoms with Crippen molar-refractivity contribution >= 4 is 51.5 Å². The third kappa shape index (κ3) is 8.43. The standard InChI is InChI=1S/C34H34ClN5O5S/c1-21(2)45-32(43)25-8-12-27(13-9-25)37-33(44)38-30(16-23-6-14-29(41)15-7-23)31(42)36-17-28-20-39-18-22(3)46-34(39)40(28)19-24-4-10-26(35)11-5-24/h4-15,18,20-21,30H,16-17,19H2,1-3H3,(H3-,36,37,38,41,42,43,44)/p+1/t30-/m0/s1. The number of nitrogens with one attached hydrogen (secondary N) is 3. The van der Waals surface area contributed by atoms with Crippen LogP contribution < -0.4 is 20.4 Å². The van der Waals surface area contributed by atoms with Crippen molar-refractivity contribution in [3.63, 3.8) is 0 Å². The second kappa shape index (κ2) is 14.5. The monoisotopic (exact) mass is 660 g/mol. The summed E-state index contributed by atoms with van der Waals surface area (Å²) in [5.41, 5.74) is 3.50. The van der Waals surface area contributed by atoms with Crippen LogP contribution in [0.25, 0.3) is 4.96 Å². The first kappa shape index (κ1) is 32.5. The minimum atomic E-state index is -0.930. The van der Waals surface area contributed by atoms with Crippen LogP contribution in [0.15, 0.2) is 85.2 Å². The van der Waals surface area contributed by atoms with Crippen LogP contribution in [-0.2, 0) is 29.0 Å². The molecule has 0 spiro atoms. The number of carbonyl (C=O) groups excluding carboxylic acids is 3. The molecule has 2 heterocycles. The predicted octanol–water partition coefficient (Wildman–Crippen LogP) is 5.62. The number of hydrogen-bond acceptors (Lipinski definition) is 6. The number of carbonyl (C=O) groups is 3. The molecule has 0 bridgehead atoms. The highest BCUT2D eigenvalue weighted by atomic mass is 35.5. The minimum Gasteiger partial charge on any atom is -0.508 e. The maximum absolute atomic E-state index is 13.6. The second-order valence-electron chi connectivity index (χ2n) is 11.1. The molecule has 0 aliphatic carbocycles. The van der Waals surface area contributed by atoms with Crippen molar-refractivity contribution in [2.24, 2.45) is 0 Å². The topological polar surface area (TPSA) is 126 Å². The number of aromatic nitrogens is 2. The molecule has 0 aliphatic rings. The van der Waals surface area contributed by atoms with Gasteiger partial charge >= 0.3 is 17.0 Å². The van der Waals surface area contributed by atoms with E-state index in [0.29, 0.717) is 22.8 Å². The van der Waals surface area contributed by atoms with Crippen molar-refractivity contribution < 1.29 is 28.6 Å². The number of anilines is 1. The number of phenols is 1. The maximum Gasteiger partial charge on any atom is 0.346 e. The molecule has 0 saturated carbocycles. The smallest absolute Gasteiger partial charge is 0.346 e. The minimum absolute atomic E-state index is 0.102. The maximum atomic E-state index is 13.6. The molecule has 0 fully saturated rings. The number of benzene rings is 3. The number of urea groups is 1. The molecule has 10 nitrogen and oxygen atoms in total. The summed E-state index contributed by atoms with van der Waals surface area (Å²) < 4.78 is 9.40. The van der Waals surface area contributed by atoms with Crippen LogP contribution in [0, 0.1) is 6.92 Å². The zero-order valence-corrected chi connectivity index (χ0v) is 27.2. The van der Waals surface area contributed by atoms with Crippen LogP contribution in [0.1, 0.15) is 45.9 Å². The van der Waals surface area contributed by atoms with E-state index >= 15 is 0 Å². The lowest BCUT2D eigenvalue weighted by molar-refractivity contribution is -0.506. The molecule has 5 rings (SSSR count). The zero-order chi connectivity index (χ0) is 32.8. The van der Waals surface area contributed by atoms with Gasteiger partial charge in [-0.15, -0.1) is 0 Å². The van der Waals surface area contributed by atoms with Crippen molar-refractivity contribution in [3.05, 3.63) is 117 Å². The number of aryl methyl sites for hydroxylation is 1. The number of aromatic hydroxyl groups is 1. The number of hydrogen-bond donors (Lipinski definition) is 4. The molecule has 0 unspecified atom stereocenters. The molecule has 4 N–H and O–H groups in total. The summed E-state index contributed by atoms with van der Waals surface area (Å²) in [5.74, 6) is -0.728. The number of amides is 3. The van der Waals surface area contributed by atoms with E-state index in [9.17, 15) is 19.5 Å². The van der Waals surface area contributed by atoms with Crippen LogP contribution in [0.4, 0.5) is 10.5 Å². The summed E-state index contributed by atoms with van der Waals surface area (Å²) in [7, 11) is 0. The Kier molecular flexibility index (Phi) is 10.2. The molecule has 3 amide bonds. The fraction of sp³-hybridized carbons (Fsp3) is 0.235. The number of rotatable bonds is 11. The molecule has 0 radical (unpaired) electrons. The molecule has 3 aromatic carbocycles. The molecule has 0 aliphatic heterocycles. The number of nitrogens with zero attached hydrogens (tertiary/aromatic N) is 2. The highest BCUT2D eigenvalue weighted by molar-refractivity contribution is 7.16. The predicted molar refractivity (Wildman–Crippen MR) is 177 cm³/mol. The van der Waals surface area contributed by atoms with Gasteiger partial charge in [-0.2, -0.15) is 4.40 Å². The van der Waals surface area contributed by atoms with Gasteiger partial charge in [0.1, 0.15) is 30.7 Å². The van der Waals surface area contributed by atoms with Gasteiger partial charge in [0.05, 0.1) is 18.2 Å². The van der Waals surface area contributed by atoms with Gasteiger partial charge in [-0.05, 0) is 80.4 Å². The normalized spacial score (nSPS) is 11.8. The first-order valence-electron chi connectivity index (χ1n) is 14.7. The zero-order valence-electron chi connectivity index (χ0n) is 25.6. The number of halogens is 1. The molecule has 5 aromatic rings. The lowest BCUT2D eigenvalue weighted by Gasteiger charge is -2.19.